The van der Waals surface area contributed by atoms with Crippen LogP contribution in [0.25, 0.3) is 0 Å². The van der Waals surface area contributed by atoms with Crippen LogP contribution in [0.2, 0.25) is 5.02 Å². The highest BCUT2D eigenvalue weighted by Crippen LogP contribution is 2.22. The Morgan fingerprint density at radius 2 is 2.29 bits per heavy atom. The van der Waals surface area contributed by atoms with Crippen molar-refractivity contribution in [3.05, 3.63) is 47.3 Å². The van der Waals surface area contributed by atoms with Crippen molar-refractivity contribution in [3.63, 3.8) is 0 Å². The first-order valence-corrected chi connectivity index (χ1v) is 4.84. The van der Waals surface area contributed by atoms with E-state index in [1.54, 1.807) is 12.1 Å². The van der Waals surface area contributed by atoms with Crippen molar-refractivity contribution in [3.8, 4) is 0 Å². The van der Waals surface area contributed by atoms with Gasteiger partial charge in [0.2, 0.25) is 0 Å². The zero-order valence-electron chi connectivity index (χ0n) is 7.84. The van der Waals surface area contributed by atoms with E-state index in [1.165, 1.54) is 6.07 Å². The lowest BCUT2D eigenvalue weighted by Gasteiger charge is -2.10. The third-order valence-electron chi connectivity index (χ3n) is 2.05. The summed E-state index contributed by atoms with van der Waals surface area (Å²) >= 11 is 5.64. The maximum Gasteiger partial charge on any atom is 0.141 e. The van der Waals surface area contributed by atoms with Gasteiger partial charge in [-0.2, -0.15) is 0 Å². The molecule has 1 nitrogen and oxygen atoms in total. The lowest BCUT2D eigenvalue weighted by atomic mass is 10.0. The Balaban J connectivity index is 2.75. The van der Waals surface area contributed by atoms with E-state index in [0.717, 1.165) is 18.4 Å². The Morgan fingerprint density at radius 1 is 1.57 bits per heavy atom. The molecule has 0 saturated carbocycles. The molecule has 0 aliphatic rings. The van der Waals surface area contributed by atoms with Gasteiger partial charge in [-0.1, -0.05) is 23.7 Å². The van der Waals surface area contributed by atoms with Crippen molar-refractivity contribution in [2.45, 2.75) is 18.9 Å². The molecule has 0 amide bonds. The van der Waals surface area contributed by atoms with Gasteiger partial charge < -0.3 is 5.73 Å². The van der Waals surface area contributed by atoms with Crippen LogP contribution in [-0.2, 0) is 0 Å². The molecule has 1 aromatic rings. The lowest BCUT2D eigenvalue weighted by molar-refractivity contribution is 0.621. The average molecular weight is 214 g/mol. The molecule has 3 heteroatoms. The predicted octanol–water partition coefficient (Wildman–Crippen LogP) is 3.45. The summed E-state index contributed by atoms with van der Waals surface area (Å²) in [4.78, 5) is 0. The topological polar surface area (TPSA) is 26.0 Å². The number of nitrogens with two attached hydrogens (primary N) is 1. The van der Waals surface area contributed by atoms with Crippen molar-refractivity contribution in [1.82, 2.24) is 0 Å². The van der Waals surface area contributed by atoms with Gasteiger partial charge in [0.05, 0.1) is 5.02 Å². The summed E-state index contributed by atoms with van der Waals surface area (Å²) in [5.41, 5.74) is 6.73. The molecule has 1 rings (SSSR count). The molecule has 0 saturated heterocycles. The maximum atomic E-state index is 12.8. The molecule has 1 aromatic carbocycles. The van der Waals surface area contributed by atoms with Crippen molar-refractivity contribution in [2.24, 2.45) is 5.73 Å². The number of hydrogen-bond acceptors (Lipinski definition) is 1. The number of hydrogen-bond donors (Lipinski definition) is 1. The fourth-order valence-corrected chi connectivity index (χ4v) is 1.40. The van der Waals surface area contributed by atoms with Gasteiger partial charge in [0.25, 0.3) is 0 Å². The highest BCUT2D eigenvalue weighted by atomic mass is 35.5. The SMILES string of the molecule is C=CCC[C@@H](N)c1ccc(F)c(Cl)c1. The summed E-state index contributed by atoms with van der Waals surface area (Å²) in [6.45, 7) is 3.62. The average Bonchev–Trinajstić information content (AvgIpc) is 2.18. The van der Waals surface area contributed by atoms with E-state index in [4.69, 9.17) is 17.3 Å². The van der Waals surface area contributed by atoms with Crippen LogP contribution in [0.15, 0.2) is 30.9 Å². The molecule has 0 bridgehead atoms. The molecule has 14 heavy (non-hydrogen) atoms. The molecule has 0 aliphatic heterocycles. The molecule has 2 N–H and O–H groups in total. The fraction of sp³-hybridized carbons (Fsp3) is 0.273. The van der Waals surface area contributed by atoms with Crippen molar-refractivity contribution >= 4 is 11.6 Å². The second-order valence-electron chi connectivity index (χ2n) is 3.15. The quantitative estimate of drug-likeness (QED) is 0.762. The van der Waals surface area contributed by atoms with E-state index in [1.807, 2.05) is 6.08 Å². The van der Waals surface area contributed by atoms with Gasteiger partial charge in [-0.25, -0.2) is 4.39 Å². The minimum Gasteiger partial charge on any atom is -0.324 e. The first-order chi connectivity index (χ1) is 6.65. The lowest BCUT2D eigenvalue weighted by Crippen LogP contribution is -2.09. The molecule has 0 aromatic heterocycles. The van der Waals surface area contributed by atoms with Crippen molar-refractivity contribution in [2.75, 3.05) is 0 Å². The Bertz CT molecular complexity index is 325. The van der Waals surface area contributed by atoms with Crippen LogP contribution < -0.4 is 5.73 Å². The van der Waals surface area contributed by atoms with Crippen LogP contribution in [0.3, 0.4) is 0 Å². The number of allylic oxidation sites excluding steroid dienone is 1. The third kappa shape index (κ3) is 2.82. The molecular weight excluding hydrogens is 201 g/mol. The van der Waals surface area contributed by atoms with Gasteiger partial charge in [0.1, 0.15) is 5.82 Å². The first kappa shape index (κ1) is 11.2. The zero-order valence-corrected chi connectivity index (χ0v) is 8.60. The predicted molar refractivity (Wildman–Crippen MR) is 57.8 cm³/mol. The van der Waals surface area contributed by atoms with Crippen molar-refractivity contribution < 1.29 is 4.39 Å². The van der Waals surface area contributed by atoms with E-state index in [9.17, 15) is 4.39 Å². The molecule has 0 spiro atoms. The summed E-state index contributed by atoms with van der Waals surface area (Å²) < 4.78 is 12.8. The van der Waals surface area contributed by atoms with Crippen LogP contribution in [0.4, 0.5) is 4.39 Å². The molecule has 0 fully saturated rings. The van der Waals surface area contributed by atoms with Crippen molar-refractivity contribution in [1.29, 1.82) is 0 Å². The van der Waals surface area contributed by atoms with Crippen LogP contribution in [0.1, 0.15) is 24.4 Å². The van der Waals surface area contributed by atoms with Gasteiger partial charge in [0, 0.05) is 6.04 Å². The van der Waals surface area contributed by atoms with Crippen LogP contribution >= 0.6 is 11.6 Å². The van der Waals surface area contributed by atoms with Gasteiger partial charge in [-0.05, 0) is 30.5 Å². The van der Waals surface area contributed by atoms with E-state index >= 15 is 0 Å². The molecule has 0 radical (unpaired) electrons. The summed E-state index contributed by atoms with van der Waals surface area (Å²) in [6.07, 6.45) is 3.45. The Labute approximate surface area is 88.4 Å². The van der Waals surface area contributed by atoms with Gasteiger partial charge >= 0.3 is 0 Å². The fourth-order valence-electron chi connectivity index (χ4n) is 1.21. The summed E-state index contributed by atoms with van der Waals surface area (Å²) in [6, 6.07) is 4.47. The standard InChI is InChI=1S/C11H13ClFN/c1-2-3-4-11(14)8-5-6-10(13)9(12)7-8/h2,5-7,11H,1,3-4,14H2/t11-/m1/s1. The molecule has 0 heterocycles. The summed E-state index contributed by atoms with van der Waals surface area (Å²) in [5.74, 6) is -0.411. The molecular formula is C11H13ClFN. The molecule has 1 atom stereocenters. The Kier molecular flexibility index (Phi) is 4.11. The van der Waals surface area contributed by atoms with Gasteiger partial charge in [0.15, 0.2) is 0 Å². The first-order valence-electron chi connectivity index (χ1n) is 4.46. The van der Waals surface area contributed by atoms with Gasteiger partial charge in [-0.3, -0.25) is 0 Å². The monoisotopic (exact) mass is 213 g/mol. The molecule has 0 aliphatic carbocycles. The molecule has 76 valence electrons. The van der Waals surface area contributed by atoms with E-state index in [-0.39, 0.29) is 11.1 Å². The third-order valence-corrected chi connectivity index (χ3v) is 2.34. The van der Waals surface area contributed by atoms with Gasteiger partial charge in [-0.15, -0.1) is 6.58 Å². The Hall–Kier alpha value is -0.860. The number of benzene rings is 1. The second-order valence-corrected chi connectivity index (χ2v) is 3.55. The largest absolute Gasteiger partial charge is 0.324 e. The van der Waals surface area contributed by atoms with Crippen LogP contribution in [0.5, 0.6) is 0 Å². The summed E-state index contributed by atoms with van der Waals surface area (Å²) in [7, 11) is 0. The highest BCUT2D eigenvalue weighted by Gasteiger charge is 2.07. The highest BCUT2D eigenvalue weighted by molar-refractivity contribution is 6.30. The Morgan fingerprint density at radius 3 is 2.86 bits per heavy atom. The van der Waals surface area contributed by atoms with E-state index < -0.39 is 5.82 Å². The maximum absolute atomic E-state index is 12.8. The minimum atomic E-state index is -0.411. The van der Waals surface area contributed by atoms with Crippen LogP contribution in [-0.4, -0.2) is 0 Å². The van der Waals surface area contributed by atoms with Crippen LogP contribution in [0, 0.1) is 5.82 Å². The number of rotatable bonds is 4. The van der Waals surface area contributed by atoms with E-state index in [2.05, 4.69) is 6.58 Å². The summed E-state index contributed by atoms with van der Waals surface area (Å²) in [5, 5.41) is 0.122. The normalized spacial score (nSPS) is 12.5. The zero-order chi connectivity index (χ0) is 10.6. The number of halogens is 2. The second kappa shape index (κ2) is 5.13. The smallest absolute Gasteiger partial charge is 0.141 e. The molecule has 0 unspecified atom stereocenters. The minimum absolute atomic E-state index is 0.105. The van der Waals surface area contributed by atoms with E-state index in [0.29, 0.717) is 0 Å².